The molecule has 0 aromatic heterocycles. The van der Waals surface area contributed by atoms with Crippen LogP contribution in [0.5, 0.6) is 11.5 Å². The third-order valence-electron chi connectivity index (χ3n) is 3.66. The Kier molecular flexibility index (Phi) is 9.11. The molecule has 0 saturated carbocycles. The quantitative estimate of drug-likeness (QED) is 0.340. The topological polar surface area (TPSA) is 65.9 Å². The van der Waals surface area contributed by atoms with E-state index in [0.29, 0.717) is 24.7 Å². The highest BCUT2D eigenvalue weighted by Gasteiger charge is 2.06. The van der Waals surface area contributed by atoms with Gasteiger partial charge in [-0.3, -0.25) is 4.99 Å². The summed E-state index contributed by atoms with van der Waals surface area (Å²) in [7, 11) is 3.12. The fourth-order valence-electron chi connectivity index (χ4n) is 2.28. The molecule has 5 nitrogen and oxygen atoms in total. The van der Waals surface area contributed by atoms with Gasteiger partial charge in [0, 0.05) is 31.8 Å². The van der Waals surface area contributed by atoms with E-state index in [-0.39, 0.29) is 41.8 Å². The van der Waals surface area contributed by atoms with E-state index in [1.807, 2.05) is 0 Å². The van der Waals surface area contributed by atoms with Crippen LogP contribution in [0.2, 0.25) is 0 Å². The molecule has 0 aliphatic rings. The zero-order chi connectivity index (χ0) is 18.2. The lowest BCUT2D eigenvalue weighted by Crippen LogP contribution is -2.38. The van der Waals surface area contributed by atoms with Crippen molar-refractivity contribution in [2.24, 2.45) is 4.99 Å². The van der Waals surface area contributed by atoms with Crippen molar-refractivity contribution in [2.45, 2.75) is 13.0 Å². The maximum atomic E-state index is 13.6. The first kappa shape index (κ1) is 21.9. The summed E-state index contributed by atoms with van der Waals surface area (Å²) in [5, 5.41) is 15.9. The van der Waals surface area contributed by atoms with Crippen molar-refractivity contribution in [1.82, 2.24) is 10.6 Å². The van der Waals surface area contributed by atoms with Gasteiger partial charge in [-0.05, 0) is 36.2 Å². The lowest BCUT2D eigenvalue weighted by molar-refractivity contribution is 0.406. The van der Waals surface area contributed by atoms with Gasteiger partial charge in [0.2, 0.25) is 0 Å². The molecule has 0 amide bonds. The average Bonchev–Trinajstić information content (AvgIpc) is 2.61. The summed E-state index contributed by atoms with van der Waals surface area (Å²) in [5.74, 6) is 0.232. The molecule has 0 saturated heterocycles. The Morgan fingerprint density at radius 1 is 1.12 bits per heavy atom. The van der Waals surface area contributed by atoms with Crippen LogP contribution in [0.15, 0.2) is 41.4 Å². The normalized spacial score (nSPS) is 10.8. The second-order valence-corrected chi connectivity index (χ2v) is 5.33. The molecule has 2 rings (SSSR count). The number of phenols is 1. The van der Waals surface area contributed by atoms with Crippen LogP contribution in [0.3, 0.4) is 0 Å². The molecule has 2 aromatic rings. The Morgan fingerprint density at radius 3 is 2.54 bits per heavy atom. The summed E-state index contributed by atoms with van der Waals surface area (Å²) >= 11 is 0. The summed E-state index contributed by atoms with van der Waals surface area (Å²) in [6.07, 6.45) is 0.560. The molecule has 0 aliphatic heterocycles. The van der Waals surface area contributed by atoms with Crippen molar-refractivity contribution >= 4 is 29.9 Å². The Balaban J connectivity index is 0.00000338. The first-order valence-electron chi connectivity index (χ1n) is 7.78. The van der Waals surface area contributed by atoms with Crippen LogP contribution >= 0.6 is 24.0 Å². The number of aliphatic imine (C=N–C) groups is 1. The molecule has 8 heteroatoms. The Hall–Kier alpha value is -2.10. The third-order valence-corrected chi connectivity index (χ3v) is 3.66. The second-order valence-electron chi connectivity index (χ2n) is 5.33. The maximum absolute atomic E-state index is 13.6. The van der Waals surface area contributed by atoms with E-state index >= 15 is 0 Å². The number of halogens is 3. The standard InChI is InChI=1S/C18H21F2N3O2.HI/c1-21-18(23-11-13-9-14(19)4-6-16(13)20)22-8-7-12-3-5-15(25-2)10-17(12)24;/h3-6,9-10,24H,7-8,11H2,1-2H3,(H2,21,22,23);1H. The minimum absolute atomic E-state index is 0. The van der Waals surface area contributed by atoms with Crippen LogP contribution in [0.1, 0.15) is 11.1 Å². The van der Waals surface area contributed by atoms with Gasteiger partial charge in [-0.1, -0.05) is 6.07 Å². The lowest BCUT2D eigenvalue weighted by Gasteiger charge is -2.13. The molecule has 0 atom stereocenters. The van der Waals surface area contributed by atoms with Crippen LogP contribution in [0.25, 0.3) is 0 Å². The minimum Gasteiger partial charge on any atom is -0.508 e. The van der Waals surface area contributed by atoms with Crippen molar-refractivity contribution in [3.05, 3.63) is 59.2 Å². The third kappa shape index (κ3) is 6.32. The smallest absolute Gasteiger partial charge is 0.191 e. The molecule has 0 spiro atoms. The molecule has 0 radical (unpaired) electrons. The molecule has 3 N–H and O–H groups in total. The second kappa shape index (κ2) is 10.8. The number of nitrogens with one attached hydrogen (secondary N) is 2. The SMILES string of the molecule is CN=C(NCCc1ccc(OC)cc1O)NCc1cc(F)ccc1F.I. The molecule has 0 heterocycles. The zero-order valence-electron chi connectivity index (χ0n) is 14.6. The maximum Gasteiger partial charge on any atom is 0.191 e. The van der Waals surface area contributed by atoms with Gasteiger partial charge in [0.05, 0.1) is 7.11 Å². The van der Waals surface area contributed by atoms with Crippen LogP contribution in [-0.2, 0) is 13.0 Å². The predicted octanol–water partition coefficient (Wildman–Crippen LogP) is 3.20. The van der Waals surface area contributed by atoms with Gasteiger partial charge in [-0.2, -0.15) is 0 Å². The molecule has 0 fully saturated rings. The number of rotatable bonds is 6. The number of hydrogen-bond acceptors (Lipinski definition) is 3. The molecule has 2 aromatic carbocycles. The van der Waals surface area contributed by atoms with Crippen LogP contribution in [0.4, 0.5) is 8.78 Å². The Labute approximate surface area is 168 Å². The monoisotopic (exact) mass is 477 g/mol. The highest BCUT2D eigenvalue weighted by Crippen LogP contribution is 2.23. The average molecular weight is 477 g/mol. The predicted molar refractivity (Wildman–Crippen MR) is 108 cm³/mol. The van der Waals surface area contributed by atoms with Gasteiger partial charge in [0.15, 0.2) is 5.96 Å². The highest BCUT2D eigenvalue weighted by molar-refractivity contribution is 14.0. The van der Waals surface area contributed by atoms with E-state index in [2.05, 4.69) is 15.6 Å². The van der Waals surface area contributed by atoms with Crippen molar-refractivity contribution in [2.75, 3.05) is 20.7 Å². The van der Waals surface area contributed by atoms with Crippen LogP contribution in [-0.4, -0.2) is 31.8 Å². The molecule has 26 heavy (non-hydrogen) atoms. The largest absolute Gasteiger partial charge is 0.508 e. The number of hydrogen-bond donors (Lipinski definition) is 3. The molecule has 0 bridgehead atoms. The van der Waals surface area contributed by atoms with E-state index in [4.69, 9.17) is 4.74 Å². The number of methoxy groups -OCH3 is 1. The summed E-state index contributed by atoms with van der Waals surface area (Å²) in [6.45, 7) is 0.613. The van der Waals surface area contributed by atoms with Crippen molar-refractivity contribution in [1.29, 1.82) is 0 Å². The molecule has 142 valence electrons. The fourth-order valence-corrected chi connectivity index (χ4v) is 2.28. The fraction of sp³-hybridized carbons (Fsp3) is 0.278. The lowest BCUT2D eigenvalue weighted by atomic mass is 10.1. The van der Waals surface area contributed by atoms with E-state index in [1.165, 1.54) is 7.11 Å². The Bertz CT molecular complexity index is 757. The van der Waals surface area contributed by atoms with Crippen LogP contribution in [0, 0.1) is 11.6 Å². The highest BCUT2D eigenvalue weighted by atomic mass is 127. The van der Waals surface area contributed by atoms with Crippen molar-refractivity contribution < 1.29 is 18.6 Å². The molecule has 0 aliphatic carbocycles. The Morgan fingerprint density at radius 2 is 1.88 bits per heavy atom. The van der Waals surface area contributed by atoms with E-state index in [9.17, 15) is 13.9 Å². The molecule has 0 unspecified atom stereocenters. The number of benzene rings is 2. The van der Waals surface area contributed by atoms with Gasteiger partial charge < -0.3 is 20.5 Å². The summed E-state index contributed by atoms with van der Waals surface area (Å²) in [4.78, 5) is 4.03. The summed E-state index contributed by atoms with van der Waals surface area (Å²) in [6, 6.07) is 8.42. The van der Waals surface area contributed by atoms with E-state index < -0.39 is 11.6 Å². The van der Waals surface area contributed by atoms with Gasteiger partial charge in [-0.15, -0.1) is 24.0 Å². The van der Waals surface area contributed by atoms with E-state index in [1.54, 1.807) is 25.2 Å². The first-order valence-corrected chi connectivity index (χ1v) is 7.78. The van der Waals surface area contributed by atoms with Gasteiger partial charge >= 0.3 is 0 Å². The van der Waals surface area contributed by atoms with Crippen LogP contribution < -0.4 is 15.4 Å². The number of nitrogens with zero attached hydrogens (tertiary/aromatic N) is 1. The number of phenolic OH excluding ortho intramolecular Hbond substituents is 1. The minimum atomic E-state index is -0.490. The van der Waals surface area contributed by atoms with Gasteiger partial charge in [0.25, 0.3) is 0 Å². The number of aromatic hydroxyl groups is 1. The van der Waals surface area contributed by atoms with Crippen molar-refractivity contribution in [3.8, 4) is 11.5 Å². The molecular formula is C18H22F2IN3O2. The van der Waals surface area contributed by atoms with Gasteiger partial charge in [-0.25, -0.2) is 8.78 Å². The van der Waals surface area contributed by atoms with Crippen molar-refractivity contribution in [3.63, 3.8) is 0 Å². The number of guanidine groups is 1. The summed E-state index contributed by atoms with van der Waals surface area (Å²) in [5.41, 5.74) is 0.982. The molecular weight excluding hydrogens is 455 g/mol. The zero-order valence-corrected chi connectivity index (χ0v) is 16.9. The number of ether oxygens (including phenoxy) is 1. The van der Waals surface area contributed by atoms with E-state index in [0.717, 1.165) is 23.8 Å². The van der Waals surface area contributed by atoms with Gasteiger partial charge in [0.1, 0.15) is 23.1 Å². The first-order chi connectivity index (χ1) is 12.0. The summed E-state index contributed by atoms with van der Waals surface area (Å²) < 4.78 is 31.8.